The van der Waals surface area contributed by atoms with E-state index in [0.717, 1.165) is 24.8 Å². The Morgan fingerprint density at radius 3 is 2.85 bits per heavy atom. The quantitative estimate of drug-likeness (QED) is 0.269. The van der Waals surface area contributed by atoms with Gasteiger partial charge in [-0.15, -0.1) is 0 Å². The summed E-state index contributed by atoms with van der Waals surface area (Å²) in [6.07, 6.45) is 2.36. The van der Waals surface area contributed by atoms with E-state index >= 15 is 0 Å². The van der Waals surface area contributed by atoms with E-state index < -0.39 is 0 Å². The van der Waals surface area contributed by atoms with Gasteiger partial charge in [0.15, 0.2) is 0 Å². The van der Waals surface area contributed by atoms with E-state index in [0.29, 0.717) is 6.54 Å². The first-order chi connectivity index (χ1) is 6.24. The van der Waals surface area contributed by atoms with Crippen molar-refractivity contribution < 1.29 is 0 Å². The summed E-state index contributed by atoms with van der Waals surface area (Å²) in [6, 6.07) is 0. The fourth-order valence-electron chi connectivity index (χ4n) is 1.60. The molecular weight excluding hydrogens is 164 g/mol. The Kier molecular flexibility index (Phi) is 4.06. The van der Waals surface area contributed by atoms with Crippen molar-refractivity contribution in [2.45, 2.75) is 19.8 Å². The van der Waals surface area contributed by atoms with Gasteiger partial charge in [-0.25, -0.2) is 0 Å². The summed E-state index contributed by atoms with van der Waals surface area (Å²) in [5.74, 6) is 1.85. The van der Waals surface area contributed by atoms with Crippen molar-refractivity contribution in [2.24, 2.45) is 17.0 Å². The lowest BCUT2D eigenvalue weighted by Gasteiger charge is -2.15. The van der Waals surface area contributed by atoms with Crippen LogP contribution in [0.1, 0.15) is 19.8 Å². The highest BCUT2D eigenvalue weighted by atomic mass is 15.1. The Morgan fingerprint density at radius 1 is 1.62 bits per heavy atom. The van der Waals surface area contributed by atoms with Gasteiger partial charge in [-0.2, -0.15) is 0 Å². The Balaban J connectivity index is 1.97. The first-order valence-corrected chi connectivity index (χ1v) is 4.93. The molecule has 0 N–H and O–H groups in total. The molecule has 1 fully saturated rings. The van der Waals surface area contributed by atoms with Crippen molar-refractivity contribution in [3.63, 3.8) is 0 Å². The van der Waals surface area contributed by atoms with E-state index in [1.807, 2.05) is 0 Å². The maximum atomic E-state index is 8.07. The van der Waals surface area contributed by atoms with Gasteiger partial charge < -0.3 is 4.90 Å². The molecule has 1 aliphatic carbocycles. The largest absolute Gasteiger partial charge is 0.306 e. The van der Waals surface area contributed by atoms with Crippen LogP contribution >= 0.6 is 0 Å². The number of hydrogen-bond acceptors (Lipinski definition) is 2. The highest BCUT2D eigenvalue weighted by Crippen LogP contribution is 2.37. The normalized spacial score (nSPS) is 25.8. The maximum Gasteiger partial charge on any atom is 0.0270 e. The molecule has 0 radical (unpaired) electrons. The molecule has 4 nitrogen and oxygen atoms in total. The second kappa shape index (κ2) is 5.10. The van der Waals surface area contributed by atoms with Gasteiger partial charge in [0.25, 0.3) is 0 Å². The molecule has 1 rings (SSSR count). The number of nitrogens with zero attached hydrogens (tertiary/aromatic N) is 4. The Bertz CT molecular complexity index is 198. The molecule has 0 bridgehead atoms. The number of hydrogen-bond donors (Lipinski definition) is 0. The summed E-state index contributed by atoms with van der Waals surface area (Å²) < 4.78 is 0. The topological polar surface area (TPSA) is 52.0 Å². The van der Waals surface area contributed by atoms with Gasteiger partial charge in [-0.3, -0.25) is 0 Å². The highest BCUT2D eigenvalue weighted by Gasteiger charge is 2.32. The van der Waals surface area contributed by atoms with E-state index in [2.05, 4.69) is 28.9 Å². The fourth-order valence-corrected chi connectivity index (χ4v) is 1.60. The second-order valence-electron chi connectivity index (χ2n) is 4.04. The predicted molar refractivity (Wildman–Crippen MR) is 53.4 cm³/mol. The molecule has 2 unspecified atom stereocenters. The number of azide groups is 1. The van der Waals surface area contributed by atoms with E-state index in [-0.39, 0.29) is 0 Å². The molecule has 4 heteroatoms. The van der Waals surface area contributed by atoms with Gasteiger partial charge in [-0.1, -0.05) is 12.0 Å². The molecular formula is C9H18N4. The molecule has 13 heavy (non-hydrogen) atoms. The van der Waals surface area contributed by atoms with E-state index in [4.69, 9.17) is 5.53 Å². The zero-order valence-electron chi connectivity index (χ0n) is 8.48. The van der Waals surface area contributed by atoms with Crippen molar-refractivity contribution in [1.82, 2.24) is 4.90 Å². The first-order valence-electron chi connectivity index (χ1n) is 4.93. The van der Waals surface area contributed by atoms with Gasteiger partial charge in [0, 0.05) is 18.0 Å². The molecule has 0 heterocycles. The first kappa shape index (κ1) is 10.4. The van der Waals surface area contributed by atoms with Gasteiger partial charge in [-0.05, 0) is 43.8 Å². The van der Waals surface area contributed by atoms with Crippen LogP contribution in [-0.2, 0) is 0 Å². The van der Waals surface area contributed by atoms with Crippen molar-refractivity contribution in [3.05, 3.63) is 10.4 Å². The van der Waals surface area contributed by atoms with Gasteiger partial charge in [0.1, 0.15) is 0 Å². The molecule has 0 amide bonds. The minimum absolute atomic E-state index is 0.626. The Labute approximate surface area is 79.5 Å². The second-order valence-corrected chi connectivity index (χ2v) is 4.04. The van der Waals surface area contributed by atoms with E-state index in [1.165, 1.54) is 13.0 Å². The molecule has 1 aliphatic rings. The summed E-state index contributed by atoms with van der Waals surface area (Å²) in [6.45, 7) is 5.18. The van der Waals surface area contributed by atoms with E-state index in [1.54, 1.807) is 0 Å². The van der Waals surface area contributed by atoms with Gasteiger partial charge in [0.2, 0.25) is 0 Å². The molecule has 0 aliphatic heterocycles. The lowest BCUT2D eigenvalue weighted by Crippen LogP contribution is -2.23. The minimum atomic E-state index is 0.626. The summed E-state index contributed by atoms with van der Waals surface area (Å²) in [4.78, 5) is 5.06. The van der Waals surface area contributed by atoms with Gasteiger partial charge in [0.05, 0.1) is 0 Å². The maximum absolute atomic E-state index is 8.07. The molecule has 74 valence electrons. The summed E-state index contributed by atoms with van der Waals surface area (Å²) >= 11 is 0. The third-order valence-electron chi connectivity index (χ3n) is 2.68. The van der Waals surface area contributed by atoms with Crippen LogP contribution in [0.4, 0.5) is 0 Å². The Morgan fingerprint density at radius 2 is 2.31 bits per heavy atom. The molecule has 0 saturated heterocycles. The standard InChI is InChI=1S/C9H18N4/c1-8-6-9(8)7-13(2)5-3-4-11-12-10/h8-9H,3-7H2,1-2H3. The van der Waals surface area contributed by atoms with Crippen LogP contribution < -0.4 is 0 Å². The lowest BCUT2D eigenvalue weighted by atomic mass is 10.3. The van der Waals surface area contributed by atoms with Crippen molar-refractivity contribution in [3.8, 4) is 0 Å². The van der Waals surface area contributed by atoms with Gasteiger partial charge >= 0.3 is 0 Å². The molecule has 2 atom stereocenters. The lowest BCUT2D eigenvalue weighted by molar-refractivity contribution is 0.312. The average molecular weight is 182 g/mol. The van der Waals surface area contributed by atoms with Crippen LogP contribution in [0.15, 0.2) is 5.11 Å². The van der Waals surface area contributed by atoms with Crippen molar-refractivity contribution in [1.29, 1.82) is 0 Å². The summed E-state index contributed by atoms with van der Waals surface area (Å²) in [5.41, 5.74) is 8.07. The SMILES string of the molecule is CC1CC1CN(C)CCCN=[N+]=[N-]. The molecule has 0 spiro atoms. The van der Waals surface area contributed by atoms with Crippen LogP contribution in [0.2, 0.25) is 0 Å². The van der Waals surface area contributed by atoms with Crippen LogP contribution in [0, 0.1) is 11.8 Å². The predicted octanol–water partition coefficient (Wildman–Crippen LogP) is 2.27. The fraction of sp³-hybridized carbons (Fsp3) is 1.00. The summed E-state index contributed by atoms with van der Waals surface area (Å²) in [5, 5.41) is 3.51. The van der Waals surface area contributed by atoms with Crippen LogP contribution in [0.25, 0.3) is 10.4 Å². The van der Waals surface area contributed by atoms with Crippen molar-refractivity contribution >= 4 is 0 Å². The number of rotatable bonds is 6. The monoisotopic (exact) mass is 182 g/mol. The molecule has 0 aromatic rings. The van der Waals surface area contributed by atoms with Crippen LogP contribution in [0.5, 0.6) is 0 Å². The molecule has 0 aromatic heterocycles. The van der Waals surface area contributed by atoms with Crippen LogP contribution in [0.3, 0.4) is 0 Å². The summed E-state index contributed by atoms with van der Waals surface area (Å²) in [7, 11) is 2.14. The Hall–Kier alpha value is -0.730. The van der Waals surface area contributed by atoms with Crippen molar-refractivity contribution in [2.75, 3.05) is 26.7 Å². The smallest absolute Gasteiger partial charge is 0.0270 e. The third-order valence-corrected chi connectivity index (χ3v) is 2.68. The van der Waals surface area contributed by atoms with E-state index in [9.17, 15) is 0 Å². The zero-order chi connectivity index (χ0) is 9.68. The minimum Gasteiger partial charge on any atom is -0.306 e. The highest BCUT2D eigenvalue weighted by molar-refractivity contribution is 4.84. The van der Waals surface area contributed by atoms with Crippen LogP contribution in [-0.4, -0.2) is 31.6 Å². The third kappa shape index (κ3) is 4.15. The zero-order valence-corrected chi connectivity index (χ0v) is 8.48. The molecule has 0 aromatic carbocycles. The average Bonchev–Trinajstić information content (AvgIpc) is 2.76. The molecule has 1 saturated carbocycles.